The zero-order chi connectivity index (χ0) is 10.4. The van der Waals surface area contributed by atoms with Gasteiger partial charge >= 0.3 is 0 Å². The van der Waals surface area contributed by atoms with Gasteiger partial charge in [-0.25, -0.2) is 4.98 Å². The van der Waals surface area contributed by atoms with Gasteiger partial charge in [-0.3, -0.25) is 0 Å². The summed E-state index contributed by atoms with van der Waals surface area (Å²) in [5.41, 5.74) is 7.60. The lowest BCUT2D eigenvalue weighted by molar-refractivity contribution is 0.778. The molecular weight excluding hydrogens is 192 g/mol. The van der Waals surface area contributed by atoms with Crippen LogP contribution in [0.25, 0.3) is 0 Å². The second-order valence-electron chi connectivity index (χ2n) is 3.43. The standard InChI is InChI=1S/C11H18N2S/c1-3-4-5-6-14-11-7-9(2)10(12)8-13-11/h7-8H,3-6,12H2,1-2H3. The molecule has 0 amide bonds. The number of hydrogen-bond donors (Lipinski definition) is 1. The van der Waals surface area contributed by atoms with Crippen LogP contribution in [0.3, 0.4) is 0 Å². The number of rotatable bonds is 5. The molecule has 14 heavy (non-hydrogen) atoms. The molecule has 0 unspecified atom stereocenters. The van der Waals surface area contributed by atoms with E-state index in [-0.39, 0.29) is 0 Å². The van der Waals surface area contributed by atoms with E-state index >= 15 is 0 Å². The first kappa shape index (κ1) is 11.4. The normalized spacial score (nSPS) is 10.4. The lowest BCUT2D eigenvalue weighted by Gasteiger charge is -2.03. The van der Waals surface area contributed by atoms with Crippen molar-refractivity contribution in [1.82, 2.24) is 4.98 Å². The van der Waals surface area contributed by atoms with Gasteiger partial charge in [-0.15, -0.1) is 11.8 Å². The van der Waals surface area contributed by atoms with E-state index in [1.165, 1.54) is 19.3 Å². The van der Waals surface area contributed by atoms with Crippen LogP contribution in [0.1, 0.15) is 31.7 Å². The number of unbranched alkanes of at least 4 members (excludes halogenated alkanes) is 2. The monoisotopic (exact) mass is 210 g/mol. The van der Waals surface area contributed by atoms with Gasteiger partial charge in [0.2, 0.25) is 0 Å². The molecule has 0 spiro atoms. The third-order valence-corrected chi connectivity index (χ3v) is 3.14. The predicted molar refractivity (Wildman–Crippen MR) is 63.6 cm³/mol. The summed E-state index contributed by atoms with van der Waals surface area (Å²) in [6.45, 7) is 4.24. The van der Waals surface area contributed by atoms with Gasteiger partial charge in [0.25, 0.3) is 0 Å². The van der Waals surface area contributed by atoms with Crippen molar-refractivity contribution in [2.45, 2.75) is 38.1 Å². The van der Waals surface area contributed by atoms with E-state index in [4.69, 9.17) is 5.73 Å². The van der Waals surface area contributed by atoms with Crippen LogP contribution in [0.2, 0.25) is 0 Å². The number of aromatic nitrogens is 1. The van der Waals surface area contributed by atoms with Gasteiger partial charge in [0.1, 0.15) is 0 Å². The highest BCUT2D eigenvalue weighted by molar-refractivity contribution is 7.99. The number of pyridine rings is 1. The number of nitrogen functional groups attached to an aromatic ring is 1. The molecule has 0 aliphatic carbocycles. The van der Waals surface area contributed by atoms with Gasteiger partial charge in [0.15, 0.2) is 0 Å². The van der Waals surface area contributed by atoms with Gasteiger partial charge in [-0.05, 0) is 30.7 Å². The highest BCUT2D eigenvalue weighted by atomic mass is 32.2. The topological polar surface area (TPSA) is 38.9 Å². The fourth-order valence-corrected chi connectivity index (χ4v) is 2.09. The van der Waals surface area contributed by atoms with E-state index in [1.807, 2.05) is 18.7 Å². The molecular formula is C11H18N2S. The Morgan fingerprint density at radius 2 is 2.21 bits per heavy atom. The summed E-state index contributed by atoms with van der Waals surface area (Å²) in [7, 11) is 0. The molecule has 1 rings (SSSR count). The zero-order valence-corrected chi connectivity index (χ0v) is 9.73. The molecule has 0 saturated heterocycles. The second-order valence-corrected chi connectivity index (χ2v) is 4.55. The molecule has 3 heteroatoms. The summed E-state index contributed by atoms with van der Waals surface area (Å²) < 4.78 is 0. The van der Waals surface area contributed by atoms with E-state index < -0.39 is 0 Å². The average molecular weight is 210 g/mol. The smallest absolute Gasteiger partial charge is 0.0964 e. The summed E-state index contributed by atoms with van der Waals surface area (Å²) in [6, 6.07) is 2.06. The van der Waals surface area contributed by atoms with Crippen molar-refractivity contribution < 1.29 is 0 Å². The van der Waals surface area contributed by atoms with Gasteiger partial charge in [-0.1, -0.05) is 19.8 Å². The molecule has 1 heterocycles. The molecule has 0 aliphatic rings. The molecule has 0 bridgehead atoms. The first-order valence-electron chi connectivity index (χ1n) is 5.09. The minimum atomic E-state index is 0.780. The molecule has 0 atom stereocenters. The van der Waals surface area contributed by atoms with Crippen molar-refractivity contribution in [2.75, 3.05) is 11.5 Å². The van der Waals surface area contributed by atoms with Crippen LogP contribution in [0.15, 0.2) is 17.3 Å². The highest BCUT2D eigenvalue weighted by Crippen LogP contribution is 2.20. The fraction of sp³-hybridized carbons (Fsp3) is 0.545. The van der Waals surface area contributed by atoms with Crippen LogP contribution >= 0.6 is 11.8 Å². The maximum absolute atomic E-state index is 5.69. The molecule has 2 nitrogen and oxygen atoms in total. The Balaban J connectivity index is 2.39. The first-order valence-corrected chi connectivity index (χ1v) is 6.07. The molecule has 0 fully saturated rings. The summed E-state index contributed by atoms with van der Waals surface area (Å²) in [6.07, 6.45) is 5.60. The average Bonchev–Trinajstić information content (AvgIpc) is 2.18. The number of nitrogens with two attached hydrogens (primary N) is 1. The molecule has 0 radical (unpaired) electrons. The van der Waals surface area contributed by atoms with Crippen LogP contribution < -0.4 is 5.73 Å². The summed E-state index contributed by atoms with van der Waals surface area (Å²) in [4.78, 5) is 4.27. The van der Waals surface area contributed by atoms with E-state index in [0.29, 0.717) is 0 Å². The maximum atomic E-state index is 5.69. The van der Waals surface area contributed by atoms with E-state index in [2.05, 4.69) is 18.0 Å². The molecule has 1 aromatic heterocycles. The lowest BCUT2D eigenvalue weighted by atomic mass is 10.3. The van der Waals surface area contributed by atoms with Crippen LogP contribution in [0.5, 0.6) is 0 Å². The number of aryl methyl sites for hydroxylation is 1. The SMILES string of the molecule is CCCCCSc1cc(C)c(N)cn1. The molecule has 0 aliphatic heterocycles. The van der Waals surface area contributed by atoms with Crippen molar-refractivity contribution >= 4 is 17.4 Å². The minimum Gasteiger partial charge on any atom is -0.397 e. The van der Waals surface area contributed by atoms with Crippen LogP contribution in [-0.2, 0) is 0 Å². The quantitative estimate of drug-likeness (QED) is 0.599. The fourth-order valence-electron chi connectivity index (χ4n) is 1.15. The molecule has 2 N–H and O–H groups in total. The number of nitrogens with zero attached hydrogens (tertiary/aromatic N) is 1. The number of thioether (sulfide) groups is 1. The Kier molecular flexibility index (Phi) is 4.80. The highest BCUT2D eigenvalue weighted by Gasteiger charge is 1.98. The first-order chi connectivity index (χ1) is 6.74. The van der Waals surface area contributed by atoms with E-state index in [1.54, 1.807) is 6.20 Å². The minimum absolute atomic E-state index is 0.780. The second kappa shape index (κ2) is 5.91. The Labute approximate surface area is 90.3 Å². The molecule has 0 aromatic carbocycles. The maximum Gasteiger partial charge on any atom is 0.0964 e. The zero-order valence-electron chi connectivity index (χ0n) is 8.92. The summed E-state index contributed by atoms with van der Waals surface area (Å²) in [5.74, 6) is 1.16. The van der Waals surface area contributed by atoms with Gasteiger partial charge in [0, 0.05) is 0 Å². The van der Waals surface area contributed by atoms with Gasteiger partial charge in [-0.2, -0.15) is 0 Å². The Hall–Kier alpha value is -0.700. The van der Waals surface area contributed by atoms with E-state index in [9.17, 15) is 0 Å². The third-order valence-electron chi connectivity index (χ3n) is 2.12. The van der Waals surface area contributed by atoms with Gasteiger partial charge in [0.05, 0.1) is 16.9 Å². The van der Waals surface area contributed by atoms with Crippen molar-refractivity contribution in [2.24, 2.45) is 0 Å². The number of anilines is 1. The number of hydrogen-bond acceptors (Lipinski definition) is 3. The predicted octanol–water partition coefficient (Wildman–Crippen LogP) is 3.25. The lowest BCUT2D eigenvalue weighted by Crippen LogP contribution is -1.92. The van der Waals surface area contributed by atoms with Crippen molar-refractivity contribution in [3.05, 3.63) is 17.8 Å². The van der Waals surface area contributed by atoms with Crippen LogP contribution in [0.4, 0.5) is 5.69 Å². The van der Waals surface area contributed by atoms with E-state index in [0.717, 1.165) is 22.0 Å². The Bertz CT molecular complexity index is 287. The Morgan fingerprint density at radius 3 is 2.86 bits per heavy atom. The third kappa shape index (κ3) is 3.58. The van der Waals surface area contributed by atoms with Crippen LogP contribution in [0, 0.1) is 6.92 Å². The summed E-state index contributed by atoms with van der Waals surface area (Å²) >= 11 is 1.82. The summed E-state index contributed by atoms with van der Waals surface area (Å²) in [5, 5.41) is 1.09. The Morgan fingerprint density at radius 1 is 1.43 bits per heavy atom. The molecule has 1 aromatic rings. The largest absolute Gasteiger partial charge is 0.397 e. The molecule has 0 saturated carbocycles. The van der Waals surface area contributed by atoms with Crippen LogP contribution in [-0.4, -0.2) is 10.7 Å². The molecule has 78 valence electrons. The van der Waals surface area contributed by atoms with Crippen molar-refractivity contribution in [3.63, 3.8) is 0 Å². The van der Waals surface area contributed by atoms with Gasteiger partial charge < -0.3 is 5.73 Å². The van der Waals surface area contributed by atoms with Crippen molar-refractivity contribution in [1.29, 1.82) is 0 Å². The van der Waals surface area contributed by atoms with Crippen molar-refractivity contribution in [3.8, 4) is 0 Å².